The maximum atomic E-state index is 12.3. The number of hydrogen-bond donors (Lipinski definition) is 1. The fourth-order valence-electron chi connectivity index (χ4n) is 2.36. The van der Waals surface area contributed by atoms with Crippen LogP contribution < -0.4 is 5.32 Å². The summed E-state index contributed by atoms with van der Waals surface area (Å²) in [5.74, 6) is 1.03. The van der Waals surface area contributed by atoms with Crippen LogP contribution in [0.25, 0.3) is 11.0 Å². The predicted octanol–water partition coefficient (Wildman–Crippen LogP) is 3.53. The second-order valence-corrected chi connectivity index (χ2v) is 5.08. The molecule has 1 N–H and O–H groups in total. The highest BCUT2D eigenvalue weighted by Gasteiger charge is 2.21. The van der Waals surface area contributed by atoms with E-state index in [2.05, 4.69) is 10.5 Å². The quantitative estimate of drug-likeness (QED) is 0.799. The molecular formula is C16H16N2O3. The van der Waals surface area contributed by atoms with Gasteiger partial charge in [-0.15, -0.1) is 0 Å². The van der Waals surface area contributed by atoms with Crippen LogP contribution in [0.1, 0.15) is 40.5 Å². The molecule has 0 radical (unpaired) electrons. The van der Waals surface area contributed by atoms with E-state index in [1.54, 1.807) is 13.8 Å². The first-order valence-electron chi connectivity index (χ1n) is 6.78. The number of nitrogens with one attached hydrogen (secondary N) is 1. The number of rotatable bonds is 3. The molecule has 108 valence electrons. The second-order valence-electron chi connectivity index (χ2n) is 5.08. The maximum absolute atomic E-state index is 12.3. The van der Waals surface area contributed by atoms with Gasteiger partial charge in [0.2, 0.25) is 0 Å². The first kappa shape index (κ1) is 13.4. The molecule has 1 amide bonds. The van der Waals surface area contributed by atoms with Gasteiger partial charge in [0, 0.05) is 5.39 Å². The number of fused-ring (bicyclic) bond motifs is 1. The smallest absolute Gasteiger partial charge is 0.257 e. The van der Waals surface area contributed by atoms with Crippen molar-refractivity contribution in [3.05, 3.63) is 53.1 Å². The number of para-hydroxylation sites is 1. The number of benzene rings is 1. The van der Waals surface area contributed by atoms with Crippen LogP contribution in [0.3, 0.4) is 0 Å². The summed E-state index contributed by atoms with van der Waals surface area (Å²) in [5.41, 5.74) is 1.88. The number of carbonyl (C=O) groups excluding carboxylic acids is 1. The van der Waals surface area contributed by atoms with Gasteiger partial charge >= 0.3 is 0 Å². The van der Waals surface area contributed by atoms with Gasteiger partial charge in [-0.3, -0.25) is 4.79 Å². The van der Waals surface area contributed by atoms with Gasteiger partial charge in [0.25, 0.3) is 5.91 Å². The van der Waals surface area contributed by atoms with E-state index in [1.165, 1.54) is 0 Å². The predicted molar refractivity (Wildman–Crippen MR) is 78.1 cm³/mol. The minimum Gasteiger partial charge on any atom is -0.459 e. The second kappa shape index (κ2) is 5.09. The first-order valence-corrected chi connectivity index (χ1v) is 6.78. The molecule has 0 aliphatic heterocycles. The van der Waals surface area contributed by atoms with Crippen LogP contribution in [0.5, 0.6) is 0 Å². The van der Waals surface area contributed by atoms with E-state index in [1.807, 2.05) is 37.3 Å². The molecule has 1 aromatic carbocycles. The molecule has 1 atom stereocenters. The van der Waals surface area contributed by atoms with Gasteiger partial charge in [-0.1, -0.05) is 23.4 Å². The van der Waals surface area contributed by atoms with Gasteiger partial charge < -0.3 is 14.3 Å². The standard InChI is InChI=1S/C16H16N2O3/c1-9(14-8-12-6-4-5-7-13(12)20-14)17-16(19)15-10(2)18-21-11(15)3/h4-9H,1-3H3,(H,17,19). The summed E-state index contributed by atoms with van der Waals surface area (Å²) in [5, 5.41) is 7.72. The van der Waals surface area contributed by atoms with Crippen LogP contribution in [0.2, 0.25) is 0 Å². The summed E-state index contributed by atoms with van der Waals surface area (Å²) in [7, 11) is 0. The Morgan fingerprint density at radius 1 is 1.29 bits per heavy atom. The summed E-state index contributed by atoms with van der Waals surface area (Å²) in [6, 6.07) is 9.45. The van der Waals surface area contributed by atoms with Gasteiger partial charge in [-0.05, 0) is 32.9 Å². The minimum absolute atomic E-state index is 0.209. The fraction of sp³-hybridized carbons (Fsp3) is 0.250. The molecule has 0 bridgehead atoms. The molecule has 5 heteroatoms. The van der Waals surface area contributed by atoms with E-state index in [4.69, 9.17) is 8.94 Å². The van der Waals surface area contributed by atoms with Gasteiger partial charge in [-0.2, -0.15) is 0 Å². The van der Waals surface area contributed by atoms with Crippen LogP contribution in [-0.2, 0) is 0 Å². The average molecular weight is 284 g/mol. The Morgan fingerprint density at radius 3 is 2.71 bits per heavy atom. The summed E-state index contributed by atoms with van der Waals surface area (Å²) >= 11 is 0. The van der Waals surface area contributed by atoms with E-state index >= 15 is 0 Å². The number of hydrogen-bond acceptors (Lipinski definition) is 4. The van der Waals surface area contributed by atoms with Crippen molar-refractivity contribution in [1.29, 1.82) is 0 Å². The normalized spacial score (nSPS) is 12.5. The highest BCUT2D eigenvalue weighted by Crippen LogP contribution is 2.24. The largest absolute Gasteiger partial charge is 0.459 e. The van der Waals surface area contributed by atoms with Gasteiger partial charge in [0.1, 0.15) is 22.7 Å². The van der Waals surface area contributed by atoms with Crippen molar-refractivity contribution in [3.8, 4) is 0 Å². The fourth-order valence-corrected chi connectivity index (χ4v) is 2.36. The van der Waals surface area contributed by atoms with Gasteiger partial charge in [0.15, 0.2) is 0 Å². The Kier molecular flexibility index (Phi) is 3.25. The van der Waals surface area contributed by atoms with Gasteiger partial charge in [-0.25, -0.2) is 0 Å². The van der Waals surface area contributed by atoms with Crippen LogP contribution in [0.15, 0.2) is 39.3 Å². The molecule has 2 aromatic heterocycles. The third-order valence-electron chi connectivity index (χ3n) is 3.48. The van der Waals surface area contributed by atoms with E-state index < -0.39 is 0 Å². The number of amides is 1. The Bertz CT molecular complexity index is 748. The number of furan rings is 1. The molecule has 3 rings (SSSR count). The molecule has 21 heavy (non-hydrogen) atoms. The SMILES string of the molecule is Cc1noc(C)c1C(=O)NC(C)c1cc2ccccc2o1. The Morgan fingerprint density at radius 2 is 2.05 bits per heavy atom. The molecule has 0 fully saturated rings. The minimum atomic E-state index is -0.237. The number of carbonyl (C=O) groups is 1. The van der Waals surface area contributed by atoms with Crippen molar-refractivity contribution in [2.24, 2.45) is 0 Å². The third-order valence-corrected chi connectivity index (χ3v) is 3.48. The molecule has 0 aliphatic carbocycles. The molecule has 0 spiro atoms. The van der Waals surface area contributed by atoms with Crippen molar-refractivity contribution in [2.45, 2.75) is 26.8 Å². The van der Waals surface area contributed by atoms with Crippen molar-refractivity contribution in [2.75, 3.05) is 0 Å². The van der Waals surface area contributed by atoms with Crippen LogP contribution in [0.4, 0.5) is 0 Å². The lowest BCUT2D eigenvalue weighted by molar-refractivity contribution is 0.0933. The lowest BCUT2D eigenvalue weighted by atomic mass is 10.1. The summed E-state index contributed by atoms with van der Waals surface area (Å²) < 4.78 is 10.8. The third kappa shape index (κ3) is 2.42. The highest BCUT2D eigenvalue weighted by molar-refractivity contribution is 5.96. The zero-order valence-electron chi connectivity index (χ0n) is 12.1. The number of aromatic nitrogens is 1. The van der Waals surface area contributed by atoms with Crippen molar-refractivity contribution in [3.63, 3.8) is 0 Å². The Labute approximate surface area is 121 Å². The van der Waals surface area contributed by atoms with Crippen LogP contribution in [0, 0.1) is 13.8 Å². The van der Waals surface area contributed by atoms with Crippen molar-refractivity contribution < 1.29 is 13.7 Å². The highest BCUT2D eigenvalue weighted by atomic mass is 16.5. The monoisotopic (exact) mass is 284 g/mol. The van der Waals surface area contributed by atoms with Crippen LogP contribution in [-0.4, -0.2) is 11.1 Å². The summed E-state index contributed by atoms with van der Waals surface area (Å²) in [4.78, 5) is 12.3. The lowest BCUT2D eigenvalue weighted by Crippen LogP contribution is -2.27. The summed E-state index contributed by atoms with van der Waals surface area (Å²) in [6.45, 7) is 5.35. The number of aryl methyl sites for hydroxylation is 2. The zero-order chi connectivity index (χ0) is 15.0. The Balaban J connectivity index is 1.82. The van der Waals surface area contributed by atoms with E-state index in [0.29, 0.717) is 17.0 Å². The molecule has 2 heterocycles. The van der Waals surface area contributed by atoms with Crippen molar-refractivity contribution in [1.82, 2.24) is 10.5 Å². The molecule has 3 aromatic rings. The van der Waals surface area contributed by atoms with E-state index in [-0.39, 0.29) is 11.9 Å². The first-order chi connectivity index (χ1) is 10.1. The average Bonchev–Trinajstić information content (AvgIpc) is 3.02. The molecule has 1 unspecified atom stereocenters. The Hall–Kier alpha value is -2.56. The zero-order valence-corrected chi connectivity index (χ0v) is 12.1. The molecule has 0 saturated heterocycles. The lowest BCUT2D eigenvalue weighted by Gasteiger charge is -2.10. The van der Waals surface area contributed by atoms with Gasteiger partial charge in [0.05, 0.1) is 11.7 Å². The topological polar surface area (TPSA) is 68.3 Å². The van der Waals surface area contributed by atoms with E-state index in [0.717, 1.165) is 16.7 Å². The molecule has 0 saturated carbocycles. The number of nitrogens with zero attached hydrogens (tertiary/aromatic N) is 1. The molecule has 0 aliphatic rings. The van der Waals surface area contributed by atoms with E-state index in [9.17, 15) is 4.79 Å². The summed E-state index contributed by atoms with van der Waals surface area (Å²) in [6.07, 6.45) is 0. The van der Waals surface area contributed by atoms with Crippen molar-refractivity contribution >= 4 is 16.9 Å². The maximum Gasteiger partial charge on any atom is 0.257 e. The molecular weight excluding hydrogens is 268 g/mol. The molecule has 5 nitrogen and oxygen atoms in total. The van der Waals surface area contributed by atoms with Crippen LogP contribution >= 0.6 is 0 Å².